The van der Waals surface area contributed by atoms with Crippen molar-refractivity contribution in [3.8, 4) is 0 Å². The van der Waals surface area contributed by atoms with Crippen LogP contribution < -0.4 is 0 Å². The zero-order chi connectivity index (χ0) is 6.57. The van der Waals surface area contributed by atoms with Crippen molar-refractivity contribution in [3.63, 3.8) is 0 Å². The van der Waals surface area contributed by atoms with Gasteiger partial charge in [0.05, 0.1) is 12.7 Å². The van der Waals surface area contributed by atoms with Gasteiger partial charge < -0.3 is 10.2 Å². The molecule has 0 amide bonds. The van der Waals surface area contributed by atoms with Crippen LogP contribution in [0.25, 0.3) is 0 Å². The highest BCUT2D eigenvalue weighted by atomic mass is 16.3. The first-order valence-corrected chi connectivity index (χ1v) is 2.60. The van der Waals surface area contributed by atoms with Crippen molar-refractivity contribution < 1.29 is 10.2 Å². The van der Waals surface area contributed by atoms with E-state index in [1.165, 1.54) is 0 Å². The van der Waals surface area contributed by atoms with Gasteiger partial charge in [-0.05, 0) is 13.3 Å². The third-order valence-corrected chi connectivity index (χ3v) is 0.795. The minimum absolute atomic E-state index is 0.174. The molecule has 0 saturated carbocycles. The van der Waals surface area contributed by atoms with Crippen molar-refractivity contribution in [1.82, 2.24) is 0 Å². The summed E-state index contributed by atoms with van der Waals surface area (Å²) in [6, 6.07) is 0. The van der Waals surface area contributed by atoms with E-state index < -0.39 is 6.10 Å². The highest BCUT2D eigenvalue weighted by Crippen LogP contribution is 1.99. The number of rotatable bonds is 3. The summed E-state index contributed by atoms with van der Waals surface area (Å²) in [7, 11) is 0. The smallest absolute Gasteiger partial charge is 0.0807 e. The molecule has 0 aromatic carbocycles. The molecule has 0 unspecified atom stereocenters. The summed E-state index contributed by atoms with van der Waals surface area (Å²) in [6.45, 7) is 5.22. The quantitative estimate of drug-likeness (QED) is 0.521. The summed E-state index contributed by atoms with van der Waals surface area (Å²) in [5, 5.41) is 17.0. The predicted octanol–water partition coefficient (Wildman–Crippen LogP) is 0.306. The van der Waals surface area contributed by atoms with Crippen LogP contribution in [0.5, 0.6) is 0 Å². The Balaban J connectivity index is 3.24. The fraction of sp³-hybridized carbons (Fsp3) is 0.667. The van der Waals surface area contributed by atoms with Gasteiger partial charge in [-0.3, -0.25) is 0 Å². The monoisotopic (exact) mass is 116 g/mol. The molecule has 0 saturated heterocycles. The molecule has 8 heavy (non-hydrogen) atoms. The first-order chi connectivity index (χ1) is 3.66. The molecule has 0 heterocycles. The number of hydrogen-bond donors (Lipinski definition) is 2. The van der Waals surface area contributed by atoms with E-state index in [1.807, 2.05) is 6.92 Å². The van der Waals surface area contributed by atoms with Crippen LogP contribution in [0.2, 0.25) is 0 Å². The second-order valence-electron chi connectivity index (χ2n) is 2.00. The normalized spacial score (nSPS) is 13.4. The fourth-order valence-corrected chi connectivity index (χ4v) is 0.467. The Labute approximate surface area is 49.5 Å². The molecular formula is C6H12O2. The van der Waals surface area contributed by atoms with E-state index in [4.69, 9.17) is 10.2 Å². The maximum Gasteiger partial charge on any atom is 0.0807 e. The van der Waals surface area contributed by atoms with Gasteiger partial charge in [0.25, 0.3) is 0 Å². The summed E-state index contributed by atoms with van der Waals surface area (Å²) in [4.78, 5) is 0. The van der Waals surface area contributed by atoms with E-state index in [0.717, 1.165) is 5.57 Å². The van der Waals surface area contributed by atoms with Crippen molar-refractivity contribution in [2.24, 2.45) is 0 Å². The average molecular weight is 116 g/mol. The Morgan fingerprint density at radius 2 is 2.25 bits per heavy atom. The van der Waals surface area contributed by atoms with Gasteiger partial charge in [0.2, 0.25) is 0 Å². The Morgan fingerprint density at radius 3 is 2.38 bits per heavy atom. The molecule has 0 aliphatic heterocycles. The summed E-state index contributed by atoms with van der Waals surface area (Å²) in [6.07, 6.45) is -0.122. The molecule has 1 atom stereocenters. The summed E-state index contributed by atoms with van der Waals surface area (Å²) in [5.74, 6) is 0. The zero-order valence-electron chi connectivity index (χ0n) is 5.09. The molecule has 0 bridgehead atoms. The molecule has 0 fully saturated rings. The lowest BCUT2D eigenvalue weighted by Crippen LogP contribution is -2.11. The number of hydrogen-bond acceptors (Lipinski definition) is 2. The first-order valence-electron chi connectivity index (χ1n) is 2.60. The highest BCUT2D eigenvalue weighted by Gasteiger charge is 1.99. The van der Waals surface area contributed by atoms with Crippen LogP contribution in [0.4, 0.5) is 0 Å². The SMILES string of the molecule is C=C(C)C[C@H](O)CO. The minimum Gasteiger partial charge on any atom is -0.394 e. The molecule has 0 radical (unpaired) electrons. The molecule has 2 heteroatoms. The van der Waals surface area contributed by atoms with Crippen molar-refractivity contribution in [2.45, 2.75) is 19.4 Å². The molecule has 2 nitrogen and oxygen atoms in total. The molecule has 48 valence electrons. The van der Waals surface area contributed by atoms with Crippen LogP contribution in [-0.2, 0) is 0 Å². The Bertz CT molecular complexity index is 78.6. The van der Waals surface area contributed by atoms with E-state index in [2.05, 4.69) is 6.58 Å². The molecule has 2 N–H and O–H groups in total. The van der Waals surface area contributed by atoms with Crippen LogP contribution in [0.3, 0.4) is 0 Å². The summed E-state index contributed by atoms with van der Waals surface area (Å²) < 4.78 is 0. The van der Waals surface area contributed by atoms with Gasteiger partial charge >= 0.3 is 0 Å². The van der Waals surface area contributed by atoms with Gasteiger partial charge in [-0.15, -0.1) is 6.58 Å². The van der Waals surface area contributed by atoms with Gasteiger partial charge in [0.1, 0.15) is 0 Å². The Hall–Kier alpha value is -0.340. The topological polar surface area (TPSA) is 40.5 Å². The van der Waals surface area contributed by atoms with Gasteiger partial charge in [-0.1, -0.05) is 5.57 Å². The number of aliphatic hydroxyl groups is 2. The lowest BCUT2D eigenvalue weighted by molar-refractivity contribution is 0.0956. The fourth-order valence-electron chi connectivity index (χ4n) is 0.467. The third kappa shape index (κ3) is 3.84. The molecule has 0 spiro atoms. The average Bonchev–Trinajstić information content (AvgIpc) is 1.65. The minimum atomic E-state index is -0.618. The molecule has 0 aromatic heterocycles. The molecular weight excluding hydrogens is 104 g/mol. The summed E-state index contributed by atoms with van der Waals surface area (Å²) in [5.41, 5.74) is 0.895. The molecule has 0 rings (SSSR count). The van der Waals surface area contributed by atoms with Crippen LogP contribution in [0, 0.1) is 0 Å². The van der Waals surface area contributed by atoms with Crippen LogP contribution in [-0.4, -0.2) is 22.9 Å². The Morgan fingerprint density at radius 1 is 1.75 bits per heavy atom. The van der Waals surface area contributed by atoms with Gasteiger partial charge in [-0.2, -0.15) is 0 Å². The molecule has 0 aliphatic carbocycles. The first kappa shape index (κ1) is 7.66. The standard InChI is InChI=1S/C6H12O2/c1-5(2)3-6(8)4-7/h6-8H,1,3-4H2,2H3/t6-/m0/s1. The lowest BCUT2D eigenvalue weighted by atomic mass is 10.2. The van der Waals surface area contributed by atoms with Crippen LogP contribution >= 0.6 is 0 Å². The van der Waals surface area contributed by atoms with E-state index in [0.29, 0.717) is 6.42 Å². The second-order valence-corrected chi connectivity index (χ2v) is 2.00. The van der Waals surface area contributed by atoms with Crippen molar-refractivity contribution in [2.75, 3.05) is 6.61 Å². The van der Waals surface area contributed by atoms with E-state index >= 15 is 0 Å². The highest BCUT2D eigenvalue weighted by molar-refractivity contribution is 4.90. The van der Waals surface area contributed by atoms with E-state index in [-0.39, 0.29) is 6.61 Å². The largest absolute Gasteiger partial charge is 0.394 e. The van der Waals surface area contributed by atoms with Gasteiger partial charge in [-0.25, -0.2) is 0 Å². The zero-order valence-corrected chi connectivity index (χ0v) is 5.09. The van der Waals surface area contributed by atoms with Crippen LogP contribution in [0.1, 0.15) is 13.3 Å². The maximum absolute atomic E-state index is 8.72. The van der Waals surface area contributed by atoms with Crippen molar-refractivity contribution in [1.29, 1.82) is 0 Å². The maximum atomic E-state index is 8.72. The third-order valence-electron chi connectivity index (χ3n) is 0.795. The molecule has 0 aliphatic rings. The summed E-state index contributed by atoms with van der Waals surface area (Å²) >= 11 is 0. The molecule has 0 aromatic rings. The second kappa shape index (κ2) is 3.64. The van der Waals surface area contributed by atoms with E-state index in [1.54, 1.807) is 0 Å². The van der Waals surface area contributed by atoms with Crippen molar-refractivity contribution in [3.05, 3.63) is 12.2 Å². The van der Waals surface area contributed by atoms with Crippen LogP contribution in [0.15, 0.2) is 12.2 Å². The predicted molar refractivity (Wildman–Crippen MR) is 32.5 cm³/mol. The van der Waals surface area contributed by atoms with Crippen molar-refractivity contribution >= 4 is 0 Å². The van der Waals surface area contributed by atoms with Gasteiger partial charge in [0, 0.05) is 0 Å². The van der Waals surface area contributed by atoms with Gasteiger partial charge in [0.15, 0.2) is 0 Å². The lowest BCUT2D eigenvalue weighted by Gasteiger charge is -2.03. The number of aliphatic hydroxyl groups excluding tert-OH is 2. The van der Waals surface area contributed by atoms with E-state index in [9.17, 15) is 0 Å². The Kier molecular flexibility index (Phi) is 3.48.